The fraction of sp³-hybridized carbons (Fsp3) is 0.467. The van der Waals surface area contributed by atoms with Gasteiger partial charge in [0.25, 0.3) is 0 Å². The zero-order valence-corrected chi connectivity index (χ0v) is 13.1. The van der Waals surface area contributed by atoms with Crippen molar-refractivity contribution in [1.29, 1.82) is 0 Å². The van der Waals surface area contributed by atoms with Crippen LogP contribution in [0.5, 0.6) is 0 Å². The molecule has 0 fully saturated rings. The molecule has 1 amide bonds. The van der Waals surface area contributed by atoms with Gasteiger partial charge in [-0.05, 0) is 18.6 Å². The second-order valence-corrected chi connectivity index (χ2v) is 5.78. The van der Waals surface area contributed by atoms with Crippen molar-refractivity contribution in [1.82, 2.24) is 5.32 Å². The molecule has 0 heterocycles. The highest BCUT2D eigenvalue weighted by Crippen LogP contribution is 2.25. The molecule has 0 aromatic heterocycles. The molecule has 0 saturated carbocycles. The Hall–Kier alpha value is -1.53. The van der Waals surface area contributed by atoms with Gasteiger partial charge in [-0.3, -0.25) is 4.79 Å². The van der Waals surface area contributed by atoms with Crippen molar-refractivity contribution >= 4 is 23.6 Å². The van der Waals surface area contributed by atoms with E-state index < -0.39 is 12.0 Å². The van der Waals surface area contributed by atoms with Crippen LogP contribution < -0.4 is 5.32 Å². The lowest BCUT2D eigenvalue weighted by Crippen LogP contribution is -2.45. The maximum absolute atomic E-state index is 12.2. The van der Waals surface area contributed by atoms with Gasteiger partial charge in [0.15, 0.2) is 0 Å². The predicted molar refractivity (Wildman–Crippen MR) is 82.4 cm³/mol. The molecule has 0 bridgehead atoms. The van der Waals surface area contributed by atoms with E-state index in [9.17, 15) is 9.59 Å². The number of carboxylic acid groups (broad SMARTS) is 1. The summed E-state index contributed by atoms with van der Waals surface area (Å²) in [6.45, 7) is 2.20. The Labute approximate surface area is 129 Å². The first-order valence-corrected chi connectivity index (χ1v) is 7.70. The average Bonchev–Trinajstić information content (AvgIpc) is 2.49. The van der Waals surface area contributed by atoms with Gasteiger partial charge in [0.2, 0.25) is 5.91 Å². The number of amides is 1. The molecule has 0 saturated heterocycles. The highest BCUT2D eigenvalue weighted by atomic mass is 32.2. The summed E-state index contributed by atoms with van der Waals surface area (Å²) in [6, 6.07) is 8.68. The molecule has 2 unspecified atom stereocenters. The van der Waals surface area contributed by atoms with Crippen molar-refractivity contribution in [2.75, 3.05) is 13.7 Å². The Kier molecular flexibility index (Phi) is 7.85. The summed E-state index contributed by atoms with van der Waals surface area (Å²) in [7, 11) is 1.50. The van der Waals surface area contributed by atoms with Crippen LogP contribution in [0.25, 0.3) is 0 Å². The third-order valence-corrected chi connectivity index (χ3v) is 4.29. The number of rotatable bonds is 9. The number of carbonyl (C=O) groups is 2. The summed E-state index contributed by atoms with van der Waals surface area (Å²) < 4.78 is 4.87. The monoisotopic (exact) mass is 311 g/mol. The summed E-state index contributed by atoms with van der Waals surface area (Å²) in [5.41, 5.74) is 0. The van der Waals surface area contributed by atoms with E-state index in [1.807, 2.05) is 37.3 Å². The minimum atomic E-state index is -1.04. The van der Waals surface area contributed by atoms with Crippen LogP contribution in [0.1, 0.15) is 19.8 Å². The van der Waals surface area contributed by atoms with Crippen LogP contribution in [0.2, 0.25) is 0 Å². The van der Waals surface area contributed by atoms with E-state index in [1.54, 1.807) is 0 Å². The standard InChI is InChI=1S/C15H21NO4S/c1-3-13(21-11-7-5-4-6-8-11)14(17)16-12(15(18)19)9-10-20-2/h4-8,12-13H,3,9-10H2,1-2H3,(H,16,17)(H,18,19). The van der Waals surface area contributed by atoms with E-state index in [4.69, 9.17) is 9.84 Å². The molecule has 0 aliphatic heterocycles. The maximum Gasteiger partial charge on any atom is 0.326 e. The number of hydrogen-bond donors (Lipinski definition) is 2. The Morgan fingerprint density at radius 2 is 2.00 bits per heavy atom. The van der Waals surface area contributed by atoms with Gasteiger partial charge >= 0.3 is 5.97 Å². The third-order valence-electron chi connectivity index (χ3n) is 2.91. The Bertz CT molecular complexity index is 452. The number of ether oxygens (including phenoxy) is 1. The minimum Gasteiger partial charge on any atom is -0.480 e. The molecule has 2 N–H and O–H groups in total. The SMILES string of the molecule is CCC(Sc1ccccc1)C(=O)NC(CCOC)C(=O)O. The molecule has 6 heteroatoms. The van der Waals surface area contributed by atoms with Crippen LogP contribution in [-0.4, -0.2) is 42.0 Å². The number of benzene rings is 1. The van der Waals surface area contributed by atoms with Crippen LogP contribution in [-0.2, 0) is 14.3 Å². The predicted octanol–water partition coefficient (Wildman–Crippen LogP) is 2.16. The molecule has 1 rings (SSSR count). The lowest BCUT2D eigenvalue weighted by Gasteiger charge is -2.19. The molecule has 0 aliphatic rings. The second kappa shape index (κ2) is 9.41. The number of aliphatic carboxylic acids is 1. The normalized spacial score (nSPS) is 13.4. The van der Waals surface area contributed by atoms with Gasteiger partial charge in [-0.25, -0.2) is 4.79 Å². The van der Waals surface area contributed by atoms with Crippen LogP contribution in [0.4, 0.5) is 0 Å². The Balaban J connectivity index is 2.62. The van der Waals surface area contributed by atoms with E-state index in [2.05, 4.69) is 5.32 Å². The first-order chi connectivity index (χ1) is 10.1. The highest BCUT2D eigenvalue weighted by molar-refractivity contribution is 8.00. The van der Waals surface area contributed by atoms with Crippen LogP contribution in [0, 0.1) is 0 Å². The van der Waals surface area contributed by atoms with E-state index in [-0.39, 0.29) is 17.6 Å². The number of carboxylic acids is 1. The van der Waals surface area contributed by atoms with E-state index >= 15 is 0 Å². The lowest BCUT2D eigenvalue weighted by atomic mass is 10.2. The summed E-state index contributed by atoms with van der Waals surface area (Å²) in [4.78, 5) is 24.3. The van der Waals surface area contributed by atoms with Gasteiger partial charge in [0.05, 0.1) is 5.25 Å². The zero-order valence-electron chi connectivity index (χ0n) is 12.2. The Morgan fingerprint density at radius 1 is 1.33 bits per heavy atom. The van der Waals surface area contributed by atoms with Gasteiger partial charge in [-0.1, -0.05) is 25.1 Å². The van der Waals surface area contributed by atoms with E-state index in [0.717, 1.165) is 4.90 Å². The van der Waals surface area contributed by atoms with Crippen molar-refractivity contribution < 1.29 is 19.4 Å². The molecular weight excluding hydrogens is 290 g/mol. The molecule has 5 nitrogen and oxygen atoms in total. The van der Waals surface area contributed by atoms with Gasteiger partial charge in [0.1, 0.15) is 6.04 Å². The van der Waals surface area contributed by atoms with E-state index in [1.165, 1.54) is 18.9 Å². The van der Waals surface area contributed by atoms with Crippen LogP contribution in [0.15, 0.2) is 35.2 Å². The molecule has 0 radical (unpaired) electrons. The fourth-order valence-electron chi connectivity index (χ4n) is 1.74. The smallest absolute Gasteiger partial charge is 0.326 e. The quantitative estimate of drug-likeness (QED) is 0.684. The summed E-state index contributed by atoms with van der Waals surface area (Å²) in [5.74, 6) is -1.30. The Morgan fingerprint density at radius 3 is 2.52 bits per heavy atom. The highest BCUT2D eigenvalue weighted by Gasteiger charge is 2.24. The molecule has 0 aliphatic carbocycles. The number of nitrogens with one attached hydrogen (secondary N) is 1. The first-order valence-electron chi connectivity index (χ1n) is 6.82. The number of hydrogen-bond acceptors (Lipinski definition) is 4. The third kappa shape index (κ3) is 6.18. The van der Waals surface area contributed by atoms with Crippen molar-refractivity contribution in [3.63, 3.8) is 0 Å². The minimum absolute atomic E-state index is 0.254. The fourth-order valence-corrected chi connectivity index (χ4v) is 2.73. The molecule has 116 valence electrons. The maximum atomic E-state index is 12.2. The van der Waals surface area contributed by atoms with Crippen LogP contribution in [0.3, 0.4) is 0 Å². The number of thioether (sulfide) groups is 1. The first kappa shape index (κ1) is 17.5. The van der Waals surface area contributed by atoms with Crippen molar-refractivity contribution in [2.45, 2.75) is 36.0 Å². The topological polar surface area (TPSA) is 75.6 Å². The van der Waals surface area contributed by atoms with Gasteiger partial charge < -0.3 is 15.2 Å². The van der Waals surface area contributed by atoms with E-state index in [0.29, 0.717) is 13.0 Å². The summed E-state index contributed by atoms with van der Waals surface area (Å²) in [6.07, 6.45) is 0.881. The summed E-state index contributed by atoms with van der Waals surface area (Å²) >= 11 is 1.44. The average molecular weight is 311 g/mol. The summed E-state index contributed by atoms with van der Waals surface area (Å²) in [5, 5.41) is 11.4. The van der Waals surface area contributed by atoms with Crippen molar-refractivity contribution in [3.05, 3.63) is 30.3 Å². The van der Waals surface area contributed by atoms with Gasteiger partial charge in [-0.15, -0.1) is 11.8 Å². The lowest BCUT2D eigenvalue weighted by molar-refractivity contribution is -0.142. The van der Waals surface area contributed by atoms with Gasteiger partial charge in [0, 0.05) is 25.0 Å². The molecule has 0 spiro atoms. The molecule has 2 atom stereocenters. The molecule has 21 heavy (non-hydrogen) atoms. The second-order valence-electron chi connectivity index (χ2n) is 4.51. The van der Waals surface area contributed by atoms with Gasteiger partial charge in [-0.2, -0.15) is 0 Å². The zero-order chi connectivity index (χ0) is 15.7. The number of methoxy groups -OCH3 is 1. The molecule has 1 aromatic rings. The molecular formula is C15H21NO4S. The molecule has 1 aromatic carbocycles. The number of carbonyl (C=O) groups excluding carboxylic acids is 1. The van der Waals surface area contributed by atoms with Crippen molar-refractivity contribution in [2.24, 2.45) is 0 Å². The van der Waals surface area contributed by atoms with Crippen LogP contribution >= 0.6 is 11.8 Å². The van der Waals surface area contributed by atoms with Crippen molar-refractivity contribution in [3.8, 4) is 0 Å². The largest absolute Gasteiger partial charge is 0.480 e.